The predicted molar refractivity (Wildman–Crippen MR) is 99.0 cm³/mol. The first-order valence-corrected chi connectivity index (χ1v) is 9.93. The van der Waals surface area contributed by atoms with E-state index in [4.69, 9.17) is 26.1 Å². The van der Waals surface area contributed by atoms with E-state index in [0.717, 1.165) is 24.5 Å². The number of fused-ring (bicyclic) bond motifs is 1. The minimum Gasteiger partial charge on any atom is -0.454 e. The molecule has 4 heterocycles. The number of aromatic nitrogens is 2. The molecule has 0 amide bonds. The summed E-state index contributed by atoms with van der Waals surface area (Å²) in [6.07, 6.45) is 2.42. The molecule has 2 aliphatic heterocycles. The molecule has 2 aliphatic rings. The average Bonchev–Trinajstić information content (AvgIpc) is 3.42. The van der Waals surface area contributed by atoms with Crippen molar-refractivity contribution in [1.29, 1.82) is 0 Å². The number of hydrogen-bond donors (Lipinski definition) is 1. The van der Waals surface area contributed by atoms with Crippen LogP contribution in [0.15, 0.2) is 40.1 Å². The van der Waals surface area contributed by atoms with Crippen LogP contribution in [-0.2, 0) is 6.67 Å². The molecule has 2 aromatic heterocycles. The van der Waals surface area contributed by atoms with Crippen molar-refractivity contribution in [3.8, 4) is 23.0 Å². The van der Waals surface area contributed by atoms with Crippen LogP contribution in [0.5, 0.6) is 11.5 Å². The van der Waals surface area contributed by atoms with Crippen molar-refractivity contribution in [3.05, 3.63) is 45.4 Å². The van der Waals surface area contributed by atoms with Crippen LogP contribution in [0.2, 0.25) is 0 Å². The van der Waals surface area contributed by atoms with E-state index in [2.05, 4.69) is 22.6 Å². The Morgan fingerprint density at radius 1 is 1.27 bits per heavy atom. The Bertz CT molecular complexity index is 980. The van der Waals surface area contributed by atoms with Crippen LogP contribution in [-0.4, -0.2) is 23.1 Å². The minimum atomic E-state index is 0.249. The Morgan fingerprint density at radius 2 is 2.19 bits per heavy atom. The summed E-state index contributed by atoms with van der Waals surface area (Å²) in [5.41, 5.74) is 0.838. The second-order valence-corrected chi connectivity index (χ2v) is 7.85. The highest BCUT2D eigenvalue weighted by Gasteiger charge is 2.31. The van der Waals surface area contributed by atoms with E-state index in [1.807, 2.05) is 29.5 Å². The fraction of sp³-hybridized carbons (Fsp3) is 0.333. The van der Waals surface area contributed by atoms with Gasteiger partial charge in [-0.25, -0.2) is 0 Å². The summed E-state index contributed by atoms with van der Waals surface area (Å²) in [5.74, 6) is 1.97. The number of likely N-dealkylation sites (tertiary alicyclic amines) is 1. The first-order chi connectivity index (χ1) is 12.8. The summed E-state index contributed by atoms with van der Waals surface area (Å²) >= 11 is 7.24. The molecular weight excluding hydrogens is 370 g/mol. The van der Waals surface area contributed by atoms with Crippen molar-refractivity contribution >= 4 is 23.6 Å². The van der Waals surface area contributed by atoms with Gasteiger partial charge in [-0.15, -0.1) is 16.4 Å². The normalized spacial score (nSPS) is 21.4. The monoisotopic (exact) mass is 388 g/mol. The molecule has 1 unspecified atom stereocenters. The van der Waals surface area contributed by atoms with E-state index in [-0.39, 0.29) is 6.79 Å². The maximum absolute atomic E-state index is 5.76. The molecule has 1 fully saturated rings. The van der Waals surface area contributed by atoms with Crippen molar-refractivity contribution in [2.75, 3.05) is 13.3 Å². The van der Waals surface area contributed by atoms with Gasteiger partial charge < -0.3 is 18.8 Å². The lowest BCUT2D eigenvalue weighted by Crippen LogP contribution is -3.09. The molecule has 0 bridgehead atoms. The molecule has 1 aromatic carbocycles. The third-order valence-corrected chi connectivity index (χ3v) is 6.23. The number of quaternary nitrogens is 1. The third kappa shape index (κ3) is 2.84. The summed E-state index contributed by atoms with van der Waals surface area (Å²) < 4.78 is 18.3. The SMILES string of the molecule is S=c1oc(-c2ccc3c(c2)OCO3)nn1C[NH+]1CCC[C@H]1c1cccs1. The maximum atomic E-state index is 5.76. The van der Waals surface area contributed by atoms with Crippen LogP contribution in [0.1, 0.15) is 23.8 Å². The maximum Gasteiger partial charge on any atom is 0.292 e. The van der Waals surface area contributed by atoms with Gasteiger partial charge in [0.25, 0.3) is 4.84 Å². The van der Waals surface area contributed by atoms with E-state index in [1.54, 1.807) is 4.68 Å². The molecule has 5 rings (SSSR count). The fourth-order valence-corrected chi connectivity index (χ4v) is 4.78. The lowest BCUT2D eigenvalue weighted by Gasteiger charge is -2.19. The van der Waals surface area contributed by atoms with Crippen LogP contribution in [0.3, 0.4) is 0 Å². The highest BCUT2D eigenvalue weighted by Crippen LogP contribution is 2.35. The van der Waals surface area contributed by atoms with Gasteiger partial charge >= 0.3 is 0 Å². The second-order valence-electron chi connectivity index (χ2n) is 6.52. The Labute approximate surface area is 159 Å². The van der Waals surface area contributed by atoms with Gasteiger partial charge in [-0.2, -0.15) is 4.68 Å². The topological polar surface area (TPSA) is 53.9 Å². The number of nitrogens with one attached hydrogen (secondary N) is 1. The van der Waals surface area contributed by atoms with Gasteiger partial charge in [0.2, 0.25) is 12.7 Å². The first-order valence-electron chi connectivity index (χ1n) is 8.64. The molecule has 1 N–H and O–H groups in total. The van der Waals surface area contributed by atoms with Gasteiger partial charge in [0.05, 0.1) is 11.4 Å². The van der Waals surface area contributed by atoms with Crippen LogP contribution >= 0.6 is 23.6 Å². The van der Waals surface area contributed by atoms with E-state index in [9.17, 15) is 0 Å². The van der Waals surface area contributed by atoms with Gasteiger partial charge in [0.15, 0.2) is 18.2 Å². The van der Waals surface area contributed by atoms with Crippen LogP contribution in [0.25, 0.3) is 11.5 Å². The highest BCUT2D eigenvalue weighted by molar-refractivity contribution is 7.71. The summed E-state index contributed by atoms with van der Waals surface area (Å²) in [6, 6.07) is 10.5. The summed E-state index contributed by atoms with van der Waals surface area (Å²) in [6.45, 7) is 2.09. The van der Waals surface area contributed by atoms with Crippen molar-refractivity contribution in [2.45, 2.75) is 25.6 Å². The number of hydrogen-bond acceptors (Lipinski definition) is 6. The third-order valence-electron chi connectivity index (χ3n) is 4.95. The first kappa shape index (κ1) is 16.0. The second kappa shape index (κ2) is 6.53. The minimum absolute atomic E-state index is 0.249. The zero-order valence-corrected chi connectivity index (χ0v) is 15.6. The Kier molecular flexibility index (Phi) is 4.03. The zero-order chi connectivity index (χ0) is 17.5. The molecule has 0 radical (unpaired) electrons. The summed E-state index contributed by atoms with van der Waals surface area (Å²) in [4.78, 5) is 3.32. The number of rotatable bonds is 4. The molecule has 8 heteroatoms. The molecule has 3 aromatic rings. The van der Waals surface area contributed by atoms with Crippen molar-refractivity contribution in [1.82, 2.24) is 9.78 Å². The molecule has 0 aliphatic carbocycles. The smallest absolute Gasteiger partial charge is 0.292 e. The summed E-state index contributed by atoms with van der Waals surface area (Å²) in [7, 11) is 0. The quantitative estimate of drug-likeness (QED) is 0.697. The Balaban J connectivity index is 1.40. The highest BCUT2D eigenvalue weighted by atomic mass is 32.1. The number of thiophene rings is 1. The lowest BCUT2D eigenvalue weighted by molar-refractivity contribution is -0.941. The number of ether oxygens (including phenoxy) is 2. The standard InChI is InChI=1S/C18H17N3O3S2/c25-18-21(10-20-7-1-3-13(20)16-4-2-8-26-16)19-17(24-18)12-5-6-14-15(9-12)23-11-22-14/h2,4-6,8-9,13H,1,3,7,10-11H2/p+1/t13-/m0/s1. The van der Waals surface area contributed by atoms with Gasteiger partial charge in [-0.3, -0.25) is 0 Å². The van der Waals surface area contributed by atoms with Gasteiger partial charge in [-0.05, 0) is 41.9 Å². The van der Waals surface area contributed by atoms with Crippen LogP contribution in [0.4, 0.5) is 0 Å². The van der Waals surface area contributed by atoms with Gasteiger partial charge in [0, 0.05) is 18.4 Å². The Hall–Kier alpha value is -2.16. The lowest BCUT2D eigenvalue weighted by atomic mass is 10.2. The van der Waals surface area contributed by atoms with Gasteiger partial charge in [-0.1, -0.05) is 6.07 Å². The van der Waals surface area contributed by atoms with Crippen LogP contribution < -0.4 is 14.4 Å². The molecule has 134 valence electrons. The predicted octanol–water partition coefficient (Wildman–Crippen LogP) is 3.04. The molecule has 2 atom stereocenters. The molecule has 0 spiro atoms. The van der Waals surface area contributed by atoms with Crippen molar-refractivity contribution < 1.29 is 18.8 Å². The zero-order valence-electron chi connectivity index (χ0n) is 14.0. The van der Waals surface area contributed by atoms with Gasteiger partial charge in [0.1, 0.15) is 6.04 Å². The van der Waals surface area contributed by atoms with E-state index in [0.29, 0.717) is 22.5 Å². The molecular formula is C18H18N3O3S2+. The molecule has 1 saturated heterocycles. The van der Waals surface area contributed by atoms with E-state index in [1.165, 1.54) is 22.6 Å². The fourth-order valence-electron chi connectivity index (χ4n) is 3.68. The number of benzene rings is 1. The summed E-state index contributed by atoms with van der Waals surface area (Å²) in [5, 5.41) is 6.76. The number of nitrogens with zero attached hydrogens (tertiary/aromatic N) is 2. The molecule has 26 heavy (non-hydrogen) atoms. The molecule has 6 nitrogen and oxygen atoms in total. The van der Waals surface area contributed by atoms with E-state index >= 15 is 0 Å². The van der Waals surface area contributed by atoms with E-state index < -0.39 is 0 Å². The van der Waals surface area contributed by atoms with Crippen molar-refractivity contribution in [2.24, 2.45) is 0 Å². The van der Waals surface area contributed by atoms with Crippen molar-refractivity contribution in [3.63, 3.8) is 0 Å². The Morgan fingerprint density at radius 3 is 3.08 bits per heavy atom. The average molecular weight is 388 g/mol. The van der Waals surface area contributed by atoms with Crippen LogP contribution in [0, 0.1) is 4.84 Å². The largest absolute Gasteiger partial charge is 0.454 e. The molecule has 0 saturated carbocycles.